The van der Waals surface area contributed by atoms with Gasteiger partial charge in [-0.2, -0.15) is 0 Å². The summed E-state index contributed by atoms with van der Waals surface area (Å²) in [7, 11) is 0. The summed E-state index contributed by atoms with van der Waals surface area (Å²) < 4.78 is 5.53. The van der Waals surface area contributed by atoms with Crippen LogP contribution in [0.1, 0.15) is 12.8 Å². The van der Waals surface area contributed by atoms with E-state index in [1.165, 1.54) is 0 Å². The normalized spacial score (nSPS) is 12.8. The molecule has 146 valence electrons. The van der Waals surface area contributed by atoms with Crippen LogP contribution in [0.5, 0.6) is 5.75 Å². The molecule has 0 radical (unpaired) electrons. The maximum atomic E-state index is 12.1. The Balaban J connectivity index is 1.29. The van der Waals surface area contributed by atoms with Gasteiger partial charge >= 0.3 is 0 Å². The fraction of sp³-hybridized carbons (Fsp3) is 0.182. The lowest BCUT2D eigenvalue weighted by atomic mass is 10.2. The van der Waals surface area contributed by atoms with Gasteiger partial charge in [-0.1, -0.05) is 36.4 Å². The lowest BCUT2D eigenvalue weighted by molar-refractivity contribution is -0.118. The van der Waals surface area contributed by atoms with Crippen molar-refractivity contribution in [2.24, 2.45) is 5.92 Å². The summed E-state index contributed by atoms with van der Waals surface area (Å²) in [4.78, 5) is 32.5. The Morgan fingerprint density at radius 3 is 2.41 bits per heavy atom. The Morgan fingerprint density at radius 1 is 0.931 bits per heavy atom. The molecule has 1 aliphatic rings. The Labute approximate surface area is 168 Å². The van der Waals surface area contributed by atoms with Crippen LogP contribution < -0.4 is 15.4 Å². The van der Waals surface area contributed by atoms with E-state index in [2.05, 4.69) is 20.6 Å². The minimum Gasteiger partial charge on any atom is -0.484 e. The van der Waals surface area contributed by atoms with Gasteiger partial charge in [0.05, 0.1) is 18.1 Å². The summed E-state index contributed by atoms with van der Waals surface area (Å²) >= 11 is 0. The molecule has 2 amide bonds. The molecular formula is C22H20N4O3. The van der Waals surface area contributed by atoms with Crippen molar-refractivity contribution in [3.63, 3.8) is 0 Å². The van der Waals surface area contributed by atoms with Gasteiger partial charge in [0, 0.05) is 23.2 Å². The van der Waals surface area contributed by atoms with Gasteiger partial charge in [0.15, 0.2) is 12.4 Å². The number of nitrogens with zero attached hydrogens (tertiary/aromatic N) is 2. The molecule has 3 aromatic rings. The number of rotatable bonds is 7. The molecule has 7 nitrogen and oxygen atoms in total. The number of nitrogens with one attached hydrogen (secondary N) is 2. The van der Waals surface area contributed by atoms with Crippen LogP contribution in [0.4, 0.5) is 11.4 Å². The number of carbonyl (C=O) groups excluding carboxylic acids is 2. The van der Waals surface area contributed by atoms with E-state index in [0.717, 1.165) is 18.4 Å². The van der Waals surface area contributed by atoms with Crippen molar-refractivity contribution in [2.75, 3.05) is 17.2 Å². The van der Waals surface area contributed by atoms with Crippen molar-refractivity contribution in [3.8, 4) is 17.1 Å². The van der Waals surface area contributed by atoms with Gasteiger partial charge in [-0.05, 0) is 25.0 Å². The highest BCUT2D eigenvalue weighted by atomic mass is 16.5. The number of hydrogen-bond acceptors (Lipinski definition) is 5. The number of anilines is 2. The molecule has 1 aliphatic carbocycles. The number of ether oxygens (including phenoxy) is 1. The summed E-state index contributed by atoms with van der Waals surface area (Å²) in [5, 5.41) is 5.56. The zero-order valence-electron chi connectivity index (χ0n) is 15.7. The van der Waals surface area contributed by atoms with Crippen LogP contribution in [0, 0.1) is 5.92 Å². The predicted octanol–water partition coefficient (Wildman–Crippen LogP) is 3.51. The molecule has 7 heteroatoms. The van der Waals surface area contributed by atoms with Crippen molar-refractivity contribution in [1.29, 1.82) is 0 Å². The minimum absolute atomic E-state index is 0.0267. The second kappa shape index (κ2) is 8.52. The van der Waals surface area contributed by atoms with Crippen molar-refractivity contribution >= 4 is 23.2 Å². The van der Waals surface area contributed by atoms with Gasteiger partial charge in [0.25, 0.3) is 5.91 Å². The van der Waals surface area contributed by atoms with E-state index in [1.807, 2.05) is 30.3 Å². The van der Waals surface area contributed by atoms with E-state index in [1.54, 1.807) is 36.7 Å². The van der Waals surface area contributed by atoms with Crippen LogP contribution in [-0.2, 0) is 9.59 Å². The largest absolute Gasteiger partial charge is 0.484 e. The van der Waals surface area contributed by atoms with E-state index in [9.17, 15) is 9.59 Å². The molecule has 2 aromatic carbocycles. The topological polar surface area (TPSA) is 93.2 Å². The summed E-state index contributed by atoms with van der Waals surface area (Å²) in [5.74, 6) is 0.919. The molecule has 29 heavy (non-hydrogen) atoms. The number of benzene rings is 2. The molecule has 4 rings (SSSR count). The molecule has 1 aromatic heterocycles. The Kier molecular flexibility index (Phi) is 5.47. The second-order valence-corrected chi connectivity index (χ2v) is 6.79. The average molecular weight is 388 g/mol. The van der Waals surface area contributed by atoms with Gasteiger partial charge in [-0.3, -0.25) is 9.59 Å². The first-order chi connectivity index (χ1) is 14.2. The van der Waals surface area contributed by atoms with Crippen LogP contribution in [0.2, 0.25) is 0 Å². The quantitative estimate of drug-likeness (QED) is 0.646. The van der Waals surface area contributed by atoms with Gasteiger partial charge in [-0.25, -0.2) is 9.97 Å². The van der Waals surface area contributed by atoms with E-state index < -0.39 is 0 Å². The highest BCUT2D eigenvalue weighted by molar-refractivity contribution is 5.94. The molecule has 0 atom stereocenters. The summed E-state index contributed by atoms with van der Waals surface area (Å²) in [5.41, 5.74) is 2.05. The zero-order chi connectivity index (χ0) is 20.1. The Bertz CT molecular complexity index is 1000. The predicted molar refractivity (Wildman–Crippen MR) is 109 cm³/mol. The third-order valence-electron chi connectivity index (χ3n) is 4.39. The summed E-state index contributed by atoms with van der Waals surface area (Å²) in [6.07, 6.45) is 5.00. The fourth-order valence-electron chi connectivity index (χ4n) is 2.73. The maximum Gasteiger partial charge on any atom is 0.262 e. The first-order valence-electron chi connectivity index (χ1n) is 9.38. The van der Waals surface area contributed by atoms with Gasteiger partial charge in [-0.15, -0.1) is 0 Å². The number of aromatic nitrogens is 2. The first-order valence-corrected chi connectivity index (χ1v) is 9.38. The van der Waals surface area contributed by atoms with E-state index in [-0.39, 0.29) is 24.3 Å². The van der Waals surface area contributed by atoms with Gasteiger partial charge in [0.1, 0.15) is 5.75 Å². The molecule has 0 saturated heterocycles. The lowest BCUT2D eigenvalue weighted by Gasteiger charge is -2.09. The van der Waals surface area contributed by atoms with E-state index in [0.29, 0.717) is 22.9 Å². The van der Waals surface area contributed by atoms with E-state index >= 15 is 0 Å². The molecule has 1 fully saturated rings. The lowest BCUT2D eigenvalue weighted by Crippen LogP contribution is -2.20. The molecule has 1 heterocycles. The number of amides is 2. The SMILES string of the molecule is O=C(COc1cccc(NC(=O)C2CC2)c1)Nc1cnc(-c2ccccc2)nc1. The minimum atomic E-state index is -0.325. The Morgan fingerprint density at radius 2 is 1.69 bits per heavy atom. The highest BCUT2D eigenvalue weighted by Crippen LogP contribution is 2.30. The maximum absolute atomic E-state index is 12.1. The molecule has 0 bridgehead atoms. The Hall–Kier alpha value is -3.74. The van der Waals surface area contributed by atoms with Gasteiger partial charge in [0.2, 0.25) is 5.91 Å². The van der Waals surface area contributed by atoms with Crippen molar-refractivity contribution < 1.29 is 14.3 Å². The van der Waals surface area contributed by atoms with E-state index in [4.69, 9.17) is 4.74 Å². The van der Waals surface area contributed by atoms with Crippen LogP contribution in [-0.4, -0.2) is 28.4 Å². The standard InChI is InChI=1S/C22H20N4O3/c27-20(25-18-12-23-21(24-13-18)15-5-2-1-3-6-15)14-29-19-8-4-7-17(11-19)26-22(28)16-9-10-16/h1-8,11-13,16H,9-10,14H2,(H,25,27)(H,26,28). The third-order valence-corrected chi connectivity index (χ3v) is 4.39. The number of hydrogen-bond donors (Lipinski definition) is 2. The van der Waals surface area contributed by atoms with Crippen LogP contribution in [0.25, 0.3) is 11.4 Å². The second-order valence-electron chi connectivity index (χ2n) is 6.79. The van der Waals surface area contributed by atoms with Gasteiger partial charge < -0.3 is 15.4 Å². The molecule has 0 aliphatic heterocycles. The van der Waals surface area contributed by atoms with Crippen molar-refractivity contribution in [1.82, 2.24) is 9.97 Å². The van der Waals surface area contributed by atoms with Crippen molar-refractivity contribution in [2.45, 2.75) is 12.8 Å². The smallest absolute Gasteiger partial charge is 0.262 e. The third kappa shape index (κ3) is 5.16. The molecule has 0 spiro atoms. The number of carbonyl (C=O) groups is 2. The van der Waals surface area contributed by atoms with Crippen LogP contribution in [0.15, 0.2) is 67.0 Å². The molecule has 0 unspecified atom stereocenters. The highest BCUT2D eigenvalue weighted by Gasteiger charge is 2.29. The monoisotopic (exact) mass is 388 g/mol. The average Bonchev–Trinajstić information content (AvgIpc) is 3.59. The van der Waals surface area contributed by atoms with Crippen molar-refractivity contribution in [3.05, 3.63) is 67.0 Å². The van der Waals surface area contributed by atoms with Crippen LogP contribution in [0.3, 0.4) is 0 Å². The first kappa shape index (κ1) is 18.6. The summed E-state index contributed by atoms with van der Waals surface area (Å²) in [6, 6.07) is 16.6. The molecular weight excluding hydrogens is 368 g/mol. The molecule has 1 saturated carbocycles. The zero-order valence-corrected chi connectivity index (χ0v) is 15.7. The summed E-state index contributed by atoms with van der Waals surface area (Å²) in [6.45, 7) is -0.166. The fourth-order valence-corrected chi connectivity index (χ4v) is 2.73. The van der Waals surface area contributed by atoms with Crippen LogP contribution >= 0.6 is 0 Å². The molecule has 2 N–H and O–H groups in total.